The number of hydrogen-bond acceptors (Lipinski definition) is 6. The van der Waals surface area contributed by atoms with Crippen LogP contribution in [0.3, 0.4) is 0 Å². The highest BCUT2D eigenvalue weighted by Gasteiger charge is 2.47. The molecule has 7 heteroatoms. The Bertz CT molecular complexity index is 1090. The van der Waals surface area contributed by atoms with Crippen LogP contribution in [0.25, 0.3) is 5.76 Å². The van der Waals surface area contributed by atoms with E-state index in [1.165, 1.54) is 4.90 Å². The average molecular weight is 451 g/mol. The Morgan fingerprint density at radius 3 is 2.61 bits per heavy atom. The zero-order valence-corrected chi connectivity index (χ0v) is 19.5. The third-order valence-corrected chi connectivity index (χ3v) is 6.44. The molecule has 2 saturated heterocycles. The van der Waals surface area contributed by atoms with Gasteiger partial charge in [-0.25, -0.2) is 0 Å². The summed E-state index contributed by atoms with van der Waals surface area (Å²) < 4.78 is 11.3. The molecule has 4 rings (SSSR count). The average Bonchev–Trinajstić information content (AvgIpc) is 3.41. The highest BCUT2D eigenvalue weighted by atomic mass is 16.5. The summed E-state index contributed by atoms with van der Waals surface area (Å²) in [5, 5.41) is 11.5. The molecule has 1 N–H and O–H groups in total. The Balaban J connectivity index is 1.87. The van der Waals surface area contributed by atoms with Crippen LogP contribution in [0.4, 0.5) is 0 Å². The predicted molar refractivity (Wildman–Crippen MR) is 124 cm³/mol. The Morgan fingerprint density at radius 2 is 2.00 bits per heavy atom. The largest absolute Gasteiger partial charge is 0.507 e. The number of methoxy groups -OCH3 is 1. The summed E-state index contributed by atoms with van der Waals surface area (Å²) in [5.41, 5.74) is 3.01. The van der Waals surface area contributed by atoms with Gasteiger partial charge in [0.05, 0.1) is 24.8 Å². The summed E-state index contributed by atoms with van der Waals surface area (Å²) in [6.07, 6.45) is 4.88. The third kappa shape index (κ3) is 4.25. The summed E-state index contributed by atoms with van der Waals surface area (Å²) in [6, 6.07) is 6.54. The number of benzene rings is 1. The molecule has 2 aliphatic heterocycles. The first-order valence-corrected chi connectivity index (χ1v) is 11.3. The van der Waals surface area contributed by atoms with E-state index >= 15 is 0 Å². The van der Waals surface area contributed by atoms with Crippen molar-refractivity contribution in [3.8, 4) is 5.75 Å². The number of carbonyl (C=O) groups is 2. The molecule has 33 heavy (non-hydrogen) atoms. The van der Waals surface area contributed by atoms with E-state index in [0.717, 1.165) is 35.3 Å². The summed E-state index contributed by atoms with van der Waals surface area (Å²) >= 11 is 0. The van der Waals surface area contributed by atoms with E-state index in [0.29, 0.717) is 18.7 Å². The maximum atomic E-state index is 13.3. The number of pyridine rings is 1. The van der Waals surface area contributed by atoms with Gasteiger partial charge in [0.25, 0.3) is 11.7 Å². The number of amides is 1. The second kappa shape index (κ2) is 9.35. The number of carbonyl (C=O) groups excluding carboxylic acids is 2. The SMILES string of the molecule is COc1cc(C)c(/C(O)=C2\C(=O)C(=O)N(CC3CCCO3)C2c2ccncc2)cc1C(C)C. The molecule has 2 aromatic rings. The second-order valence-electron chi connectivity index (χ2n) is 8.93. The molecule has 0 bridgehead atoms. The van der Waals surface area contributed by atoms with Crippen LogP contribution in [0.1, 0.15) is 60.9 Å². The standard InChI is InChI=1S/C26H30N2O5/c1-15(2)19-13-20(16(3)12-21(19)32-4)24(29)22-23(17-7-9-27-10-8-17)28(26(31)25(22)30)14-18-6-5-11-33-18/h7-10,12-13,15,18,23,29H,5-6,11,14H2,1-4H3/b24-22+. The molecule has 2 fully saturated rings. The highest BCUT2D eigenvalue weighted by molar-refractivity contribution is 6.46. The zero-order valence-electron chi connectivity index (χ0n) is 19.5. The number of aliphatic hydroxyl groups is 1. The van der Waals surface area contributed by atoms with Gasteiger partial charge in [0.15, 0.2) is 0 Å². The second-order valence-corrected chi connectivity index (χ2v) is 8.93. The van der Waals surface area contributed by atoms with E-state index in [2.05, 4.69) is 4.98 Å². The van der Waals surface area contributed by atoms with Crippen molar-refractivity contribution < 1.29 is 24.2 Å². The van der Waals surface area contributed by atoms with Crippen LogP contribution in [-0.2, 0) is 14.3 Å². The number of Topliss-reactive ketones (excluding diaryl/α,β-unsaturated/α-hetero) is 1. The van der Waals surface area contributed by atoms with E-state index in [-0.39, 0.29) is 23.4 Å². The molecule has 2 aliphatic rings. The fraction of sp³-hybridized carbons (Fsp3) is 0.423. The number of hydrogen-bond donors (Lipinski definition) is 1. The minimum atomic E-state index is -0.707. The molecule has 7 nitrogen and oxygen atoms in total. The first-order valence-electron chi connectivity index (χ1n) is 11.3. The van der Waals surface area contributed by atoms with Gasteiger partial charge in [0, 0.05) is 31.1 Å². The number of rotatable bonds is 6. The van der Waals surface area contributed by atoms with Gasteiger partial charge in [-0.15, -0.1) is 0 Å². The third-order valence-electron chi connectivity index (χ3n) is 6.44. The van der Waals surface area contributed by atoms with Crippen LogP contribution >= 0.6 is 0 Å². The van der Waals surface area contributed by atoms with E-state index in [1.54, 1.807) is 31.6 Å². The summed E-state index contributed by atoms with van der Waals surface area (Å²) in [7, 11) is 1.61. The number of aliphatic hydroxyl groups excluding tert-OH is 1. The van der Waals surface area contributed by atoms with Crippen molar-refractivity contribution in [3.63, 3.8) is 0 Å². The van der Waals surface area contributed by atoms with Crippen molar-refractivity contribution in [2.45, 2.75) is 51.7 Å². The van der Waals surface area contributed by atoms with Crippen LogP contribution in [0.2, 0.25) is 0 Å². The topological polar surface area (TPSA) is 89.0 Å². The van der Waals surface area contributed by atoms with Crippen LogP contribution in [0.5, 0.6) is 5.75 Å². The number of ketones is 1. The molecule has 0 radical (unpaired) electrons. The fourth-order valence-electron chi connectivity index (χ4n) is 4.69. The zero-order chi connectivity index (χ0) is 23.7. The quantitative estimate of drug-likeness (QED) is 0.405. The molecule has 174 valence electrons. The van der Waals surface area contributed by atoms with Gasteiger partial charge in [-0.3, -0.25) is 14.6 Å². The van der Waals surface area contributed by atoms with E-state index in [1.807, 2.05) is 32.9 Å². The Kier molecular flexibility index (Phi) is 6.51. The van der Waals surface area contributed by atoms with Crippen molar-refractivity contribution in [1.82, 2.24) is 9.88 Å². The molecular formula is C26H30N2O5. The van der Waals surface area contributed by atoms with Crippen LogP contribution in [0, 0.1) is 6.92 Å². The van der Waals surface area contributed by atoms with Crippen LogP contribution in [-0.4, -0.2) is 53.0 Å². The van der Waals surface area contributed by atoms with E-state index in [9.17, 15) is 14.7 Å². The lowest BCUT2D eigenvalue weighted by Gasteiger charge is -2.27. The number of likely N-dealkylation sites (tertiary alicyclic amines) is 1. The van der Waals surface area contributed by atoms with Gasteiger partial charge < -0.3 is 19.5 Å². The normalized spacial score (nSPS) is 22.4. The first kappa shape index (κ1) is 23.0. The maximum Gasteiger partial charge on any atom is 0.295 e. The van der Waals surface area contributed by atoms with Crippen molar-refractivity contribution in [1.29, 1.82) is 0 Å². The molecule has 1 amide bonds. The van der Waals surface area contributed by atoms with Crippen molar-refractivity contribution in [2.75, 3.05) is 20.3 Å². The van der Waals surface area contributed by atoms with Gasteiger partial charge >= 0.3 is 0 Å². The lowest BCUT2D eigenvalue weighted by molar-refractivity contribution is -0.140. The minimum absolute atomic E-state index is 0.0900. The molecule has 0 saturated carbocycles. The van der Waals surface area contributed by atoms with Gasteiger partial charge in [-0.2, -0.15) is 0 Å². The Morgan fingerprint density at radius 1 is 1.27 bits per heavy atom. The van der Waals surface area contributed by atoms with Crippen molar-refractivity contribution >= 4 is 17.4 Å². The number of aryl methyl sites for hydroxylation is 1. The Labute approximate surface area is 194 Å². The van der Waals surface area contributed by atoms with Gasteiger partial charge in [-0.1, -0.05) is 13.8 Å². The van der Waals surface area contributed by atoms with Gasteiger partial charge in [0.1, 0.15) is 11.5 Å². The summed E-state index contributed by atoms with van der Waals surface area (Å²) in [6.45, 7) is 6.87. The minimum Gasteiger partial charge on any atom is -0.507 e. The summed E-state index contributed by atoms with van der Waals surface area (Å²) in [4.78, 5) is 32.0. The molecule has 1 aromatic heterocycles. The molecule has 2 unspecified atom stereocenters. The monoisotopic (exact) mass is 450 g/mol. The smallest absolute Gasteiger partial charge is 0.295 e. The van der Waals surface area contributed by atoms with Gasteiger partial charge in [0.2, 0.25) is 0 Å². The molecule has 3 heterocycles. The van der Waals surface area contributed by atoms with E-state index < -0.39 is 17.7 Å². The molecule has 0 spiro atoms. The van der Waals surface area contributed by atoms with Crippen LogP contribution < -0.4 is 4.74 Å². The molecular weight excluding hydrogens is 420 g/mol. The van der Waals surface area contributed by atoms with Crippen molar-refractivity contribution in [2.24, 2.45) is 0 Å². The molecule has 1 aromatic carbocycles. The van der Waals surface area contributed by atoms with E-state index in [4.69, 9.17) is 9.47 Å². The maximum absolute atomic E-state index is 13.3. The van der Waals surface area contributed by atoms with Crippen molar-refractivity contribution in [3.05, 3.63) is 64.5 Å². The predicted octanol–water partition coefficient (Wildman–Crippen LogP) is 4.12. The number of ether oxygens (including phenoxy) is 2. The lowest BCUT2D eigenvalue weighted by Crippen LogP contribution is -2.36. The van der Waals surface area contributed by atoms with Crippen LogP contribution in [0.15, 0.2) is 42.2 Å². The number of aromatic nitrogens is 1. The van der Waals surface area contributed by atoms with Gasteiger partial charge in [-0.05, 0) is 66.6 Å². The fourth-order valence-corrected chi connectivity index (χ4v) is 4.69. The Hall–Kier alpha value is -3.19. The first-order chi connectivity index (χ1) is 15.8. The molecule has 0 aliphatic carbocycles. The summed E-state index contributed by atoms with van der Waals surface area (Å²) in [5.74, 6) is -0.613. The molecule has 2 atom stereocenters. The lowest BCUT2D eigenvalue weighted by atomic mass is 9.91. The number of nitrogens with zero attached hydrogens (tertiary/aromatic N) is 2. The highest BCUT2D eigenvalue weighted by Crippen LogP contribution is 2.41.